The van der Waals surface area contributed by atoms with Crippen molar-refractivity contribution in [1.29, 1.82) is 0 Å². The summed E-state index contributed by atoms with van der Waals surface area (Å²) in [4.78, 5) is 18.8. The van der Waals surface area contributed by atoms with E-state index in [-0.39, 0.29) is 12.1 Å². The molecule has 2 saturated heterocycles. The van der Waals surface area contributed by atoms with Crippen molar-refractivity contribution in [2.45, 2.75) is 51.5 Å². The van der Waals surface area contributed by atoms with Gasteiger partial charge in [0.1, 0.15) is 6.04 Å². The Kier molecular flexibility index (Phi) is 5.15. The average Bonchev–Trinajstić information content (AvgIpc) is 3.22. The summed E-state index contributed by atoms with van der Waals surface area (Å²) in [5.41, 5.74) is 0. The van der Waals surface area contributed by atoms with E-state index in [1.165, 1.54) is 0 Å². The summed E-state index contributed by atoms with van der Waals surface area (Å²) in [5.74, 6) is 2.08. The Labute approximate surface area is 136 Å². The monoisotopic (exact) mass is 322 g/mol. The first-order valence-corrected chi connectivity index (χ1v) is 8.61. The highest BCUT2D eigenvalue weighted by Crippen LogP contribution is 2.32. The maximum atomic E-state index is 12.4. The lowest BCUT2D eigenvalue weighted by Gasteiger charge is -2.23. The largest absolute Gasteiger partial charge is 0.381 e. The molecule has 2 aliphatic heterocycles. The lowest BCUT2D eigenvalue weighted by atomic mass is 10.00. The Hall–Kier alpha value is -1.63. The normalized spacial score (nSPS) is 22.7. The topological polar surface area (TPSA) is 80.5 Å². The fourth-order valence-electron chi connectivity index (χ4n) is 3.16. The molecule has 7 heteroatoms. The Morgan fingerprint density at radius 1 is 1.35 bits per heavy atom. The van der Waals surface area contributed by atoms with Gasteiger partial charge in [-0.3, -0.25) is 0 Å². The van der Waals surface area contributed by atoms with Crippen molar-refractivity contribution in [1.82, 2.24) is 20.4 Å². The number of nitrogens with zero attached hydrogens (tertiary/aromatic N) is 3. The van der Waals surface area contributed by atoms with E-state index in [0.717, 1.165) is 51.3 Å². The summed E-state index contributed by atoms with van der Waals surface area (Å²) < 4.78 is 10.9. The molecule has 0 aliphatic carbocycles. The molecule has 0 aromatic carbocycles. The smallest absolute Gasteiger partial charge is 0.318 e. The Morgan fingerprint density at radius 2 is 2.13 bits per heavy atom. The van der Waals surface area contributed by atoms with Crippen molar-refractivity contribution in [3.63, 3.8) is 0 Å². The van der Waals surface area contributed by atoms with Gasteiger partial charge in [0.25, 0.3) is 0 Å². The Balaban J connectivity index is 1.65. The van der Waals surface area contributed by atoms with Crippen molar-refractivity contribution in [2.75, 3.05) is 26.3 Å². The predicted molar refractivity (Wildman–Crippen MR) is 84.0 cm³/mol. The molecule has 1 unspecified atom stereocenters. The molecule has 0 radical (unpaired) electrons. The van der Waals surface area contributed by atoms with Crippen molar-refractivity contribution in [3.05, 3.63) is 11.7 Å². The van der Waals surface area contributed by atoms with Gasteiger partial charge in [-0.25, -0.2) is 4.79 Å². The van der Waals surface area contributed by atoms with Gasteiger partial charge in [0.05, 0.1) is 0 Å². The third-order valence-electron chi connectivity index (χ3n) is 4.50. The van der Waals surface area contributed by atoms with Crippen LogP contribution in [0.5, 0.6) is 0 Å². The van der Waals surface area contributed by atoms with Crippen LogP contribution >= 0.6 is 0 Å². The molecule has 0 saturated carbocycles. The van der Waals surface area contributed by atoms with Gasteiger partial charge in [-0.15, -0.1) is 0 Å². The molecule has 23 heavy (non-hydrogen) atoms. The van der Waals surface area contributed by atoms with Gasteiger partial charge in [0.15, 0.2) is 5.82 Å². The minimum Gasteiger partial charge on any atom is -0.381 e. The van der Waals surface area contributed by atoms with E-state index in [0.29, 0.717) is 24.3 Å². The number of hydrogen-bond donors (Lipinski definition) is 1. The molecular weight excluding hydrogens is 296 g/mol. The lowest BCUT2D eigenvalue weighted by Crippen LogP contribution is -2.41. The minimum absolute atomic E-state index is 0.0352. The van der Waals surface area contributed by atoms with Crippen LogP contribution in [0.15, 0.2) is 4.52 Å². The van der Waals surface area contributed by atoms with Crippen LogP contribution in [0, 0.1) is 5.92 Å². The Morgan fingerprint density at radius 3 is 2.87 bits per heavy atom. The van der Waals surface area contributed by atoms with Gasteiger partial charge in [-0.2, -0.15) is 4.98 Å². The number of urea groups is 1. The van der Waals surface area contributed by atoms with Gasteiger partial charge >= 0.3 is 6.03 Å². The second-order valence-corrected chi connectivity index (χ2v) is 6.81. The van der Waals surface area contributed by atoms with Gasteiger partial charge in [0.2, 0.25) is 5.89 Å². The number of carbonyl (C=O) groups excluding carboxylic acids is 1. The molecule has 1 aromatic rings. The van der Waals surface area contributed by atoms with E-state index < -0.39 is 0 Å². The number of carbonyl (C=O) groups is 1. The molecule has 1 atom stereocenters. The van der Waals surface area contributed by atoms with Crippen molar-refractivity contribution >= 4 is 6.03 Å². The number of aromatic nitrogens is 2. The third-order valence-corrected chi connectivity index (χ3v) is 4.50. The maximum Gasteiger partial charge on any atom is 0.318 e. The summed E-state index contributed by atoms with van der Waals surface area (Å²) >= 11 is 0. The summed E-state index contributed by atoms with van der Waals surface area (Å²) in [6.45, 7) is 7.09. The first kappa shape index (κ1) is 16.2. The van der Waals surface area contributed by atoms with E-state index in [2.05, 4.69) is 29.3 Å². The molecule has 0 spiro atoms. The number of rotatable bonds is 4. The van der Waals surface area contributed by atoms with E-state index in [1.807, 2.05) is 4.90 Å². The highest BCUT2D eigenvalue weighted by atomic mass is 16.5. The second-order valence-electron chi connectivity index (χ2n) is 6.81. The van der Waals surface area contributed by atoms with Crippen LogP contribution in [0.1, 0.15) is 63.2 Å². The van der Waals surface area contributed by atoms with Gasteiger partial charge in [-0.05, 0) is 31.6 Å². The van der Waals surface area contributed by atoms with Gasteiger partial charge in [-0.1, -0.05) is 19.0 Å². The Bertz CT molecular complexity index is 525. The molecule has 128 valence electrons. The summed E-state index contributed by atoms with van der Waals surface area (Å²) in [6, 6.07) is -0.129. The zero-order valence-corrected chi connectivity index (χ0v) is 14.0. The molecular formula is C16H26N4O3. The maximum absolute atomic E-state index is 12.4. The standard InChI is InChI=1S/C16H26N4O3/c1-11(2)10-17-16(21)20-7-3-4-13(20)15-18-14(19-23-15)12-5-8-22-9-6-12/h11-13H,3-10H2,1-2H3,(H,17,21). The van der Waals surface area contributed by atoms with Gasteiger partial charge in [0, 0.05) is 32.2 Å². The van der Waals surface area contributed by atoms with Crippen molar-refractivity contribution in [2.24, 2.45) is 5.92 Å². The van der Waals surface area contributed by atoms with Crippen LogP contribution < -0.4 is 5.32 Å². The molecule has 2 aliphatic rings. The number of amides is 2. The number of ether oxygens (including phenoxy) is 1. The lowest BCUT2D eigenvalue weighted by molar-refractivity contribution is 0.0830. The predicted octanol–water partition coefficient (Wildman–Crippen LogP) is 2.47. The molecule has 1 aromatic heterocycles. The van der Waals surface area contributed by atoms with E-state index in [9.17, 15) is 4.79 Å². The fourth-order valence-corrected chi connectivity index (χ4v) is 3.16. The van der Waals surface area contributed by atoms with Crippen LogP contribution in [0.4, 0.5) is 4.79 Å². The first-order chi connectivity index (χ1) is 11.1. The molecule has 2 fully saturated rings. The van der Waals surface area contributed by atoms with Crippen LogP contribution in [-0.2, 0) is 4.74 Å². The number of nitrogens with one attached hydrogen (secondary N) is 1. The van der Waals surface area contributed by atoms with E-state index in [4.69, 9.17) is 9.26 Å². The van der Waals surface area contributed by atoms with Crippen LogP contribution in [-0.4, -0.2) is 47.4 Å². The minimum atomic E-state index is -0.0942. The second kappa shape index (κ2) is 7.29. The average molecular weight is 322 g/mol. The SMILES string of the molecule is CC(C)CNC(=O)N1CCCC1c1nc(C2CCOCC2)no1. The summed E-state index contributed by atoms with van der Waals surface area (Å²) in [6.07, 6.45) is 3.71. The van der Waals surface area contributed by atoms with E-state index >= 15 is 0 Å². The zero-order valence-electron chi connectivity index (χ0n) is 14.0. The van der Waals surface area contributed by atoms with Crippen LogP contribution in [0.3, 0.4) is 0 Å². The van der Waals surface area contributed by atoms with Crippen molar-refractivity contribution in [3.8, 4) is 0 Å². The molecule has 0 bridgehead atoms. The quantitative estimate of drug-likeness (QED) is 0.921. The zero-order chi connectivity index (χ0) is 16.2. The third kappa shape index (κ3) is 3.83. The van der Waals surface area contributed by atoms with Crippen LogP contribution in [0.25, 0.3) is 0 Å². The van der Waals surface area contributed by atoms with Crippen molar-refractivity contribution < 1.29 is 14.1 Å². The molecule has 2 amide bonds. The number of hydrogen-bond acceptors (Lipinski definition) is 5. The number of likely N-dealkylation sites (tertiary alicyclic amines) is 1. The van der Waals surface area contributed by atoms with E-state index in [1.54, 1.807) is 0 Å². The highest BCUT2D eigenvalue weighted by Gasteiger charge is 2.34. The molecule has 1 N–H and O–H groups in total. The van der Waals surface area contributed by atoms with Crippen LogP contribution in [0.2, 0.25) is 0 Å². The molecule has 7 nitrogen and oxygen atoms in total. The molecule has 3 rings (SSSR count). The molecule has 3 heterocycles. The summed E-state index contributed by atoms with van der Waals surface area (Å²) in [7, 11) is 0. The first-order valence-electron chi connectivity index (χ1n) is 8.61. The highest BCUT2D eigenvalue weighted by molar-refractivity contribution is 5.74. The van der Waals surface area contributed by atoms with Gasteiger partial charge < -0.3 is 19.5 Å². The fraction of sp³-hybridized carbons (Fsp3) is 0.812. The summed E-state index contributed by atoms with van der Waals surface area (Å²) in [5, 5.41) is 7.13.